The van der Waals surface area contributed by atoms with Crippen molar-refractivity contribution in [1.82, 2.24) is 5.32 Å². The van der Waals surface area contributed by atoms with Gasteiger partial charge in [0.2, 0.25) is 0 Å². The van der Waals surface area contributed by atoms with Crippen molar-refractivity contribution in [2.75, 3.05) is 13.1 Å². The summed E-state index contributed by atoms with van der Waals surface area (Å²) in [6, 6.07) is 0. The molecule has 3 unspecified atom stereocenters. The first-order valence-corrected chi connectivity index (χ1v) is 6.25. The minimum Gasteiger partial charge on any atom is -0.369 e. The van der Waals surface area contributed by atoms with Crippen LogP contribution in [0, 0.1) is 17.8 Å². The van der Waals surface area contributed by atoms with Crippen LogP contribution in [0.15, 0.2) is 0 Å². The summed E-state index contributed by atoms with van der Waals surface area (Å²) in [4.78, 5) is 0. The smallest absolute Gasteiger partial charge is 0.0805 e. The molecular formula is C13H27NO. The molecule has 0 saturated carbocycles. The molecule has 1 aliphatic heterocycles. The average Bonchev–Trinajstić information content (AvgIpc) is 2.16. The van der Waals surface area contributed by atoms with Crippen molar-refractivity contribution in [3.63, 3.8) is 0 Å². The Bertz CT molecular complexity index is 203. The Morgan fingerprint density at radius 1 is 1.20 bits per heavy atom. The lowest BCUT2D eigenvalue weighted by atomic mass is 9.86. The van der Waals surface area contributed by atoms with Crippen LogP contribution in [0.25, 0.3) is 0 Å². The van der Waals surface area contributed by atoms with Crippen LogP contribution in [0.5, 0.6) is 0 Å². The third-order valence-corrected chi connectivity index (χ3v) is 4.10. The summed E-state index contributed by atoms with van der Waals surface area (Å²) < 4.78 is 6.30. The largest absolute Gasteiger partial charge is 0.369 e. The molecule has 1 aliphatic rings. The lowest BCUT2D eigenvalue weighted by molar-refractivity contribution is -0.151. The number of ether oxygens (including phenoxy) is 1. The monoisotopic (exact) mass is 213 g/mol. The normalized spacial score (nSPS) is 34.8. The molecule has 3 atom stereocenters. The first kappa shape index (κ1) is 13.0. The van der Waals surface area contributed by atoms with Gasteiger partial charge in [-0.15, -0.1) is 0 Å². The maximum absolute atomic E-state index is 6.30. The highest BCUT2D eigenvalue weighted by molar-refractivity contribution is 4.89. The van der Waals surface area contributed by atoms with Crippen molar-refractivity contribution in [3.8, 4) is 0 Å². The molecule has 0 aromatic heterocycles. The fraction of sp³-hybridized carbons (Fsp3) is 1.00. The number of rotatable bonds is 3. The van der Waals surface area contributed by atoms with Gasteiger partial charge in [0.05, 0.1) is 11.7 Å². The summed E-state index contributed by atoms with van der Waals surface area (Å²) in [6.45, 7) is 15.5. The van der Waals surface area contributed by atoms with Gasteiger partial charge >= 0.3 is 0 Å². The van der Waals surface area contributed by atoms with Crippen LogP contribution >= 0.6 is 0 Å². The second-order valence-corrected chi connectivity index (χ2v) is 5.86. The Balaban J connectivity index is 2.63. The minimum absolute atomic E-state index is 0.00602. The topological polar surface area (TPSA) is 21.3 Å². The van der Waals surface area contributed by atoms with E-state index >= 15 is 0 Å². The predicted octanol–water partition coefficient (Wildman–Crippen LogP) is 2.68. The molecule has 1 heterocycles. The Labute approximate surface area is 94.8 Å². The quantitative estimate of drug-likeness (QED) is 0.778. The molecule has 1 saturated heterocycles. The van der Waals surface area contributed by atoms with E-state index in [0.29, 0.717) is 23.9 Å². The molecule has 0 bridgehead atoms. The van der Waals surface area contributed by atoms with E-state index in [2.05, 4.69) is 46.9 Å². The van der Waals surface area contributed by atoms with Crippen molar-refractivity contribution < 1.29 is 4.74 Å². The summed E-state index contributed by atoms with van der Waals surface area (Å²) in [5.74, 6) is 1.87. The first-order valence-electron chi connectivity index (χ1n) is 6.25. The lowest BCUT2D eigenvalue weighted by Gasteiger charge is -2.44. The van der Waals surface area contributed by atoms with Gasteiger partial charge in [-0.1, -0.05) is 34.6 Å². The van der Waals surface area contributed by atoms with E-state index in [-0.39, 0.29) is 5.60 Å². The second kappa shape index (κ2) is 4.84. The molecule has 2 nitrogen and oxygen atoms in total. The molecule has 90 valence electrons. The van der Waals surface area contributed by atoms with Crippen LogP contribution in [0.2, 0.25) is 0 Å². The van der Waals surface area contributed by atoms with Crippen LogP contribution < -0.4 is 5.32 Å². The fourth-order valence-corrected chi connectivity index (χ4v) is 1.95. The molecule has 2 heteroatoms. The van der Waals surface area contributed by atoms with Crippen LogP contribution in [0.3, 0.4) is 0 Å². The van der Waals surface area contributed by atoms with Gasteiger partial charge in [0.1, 0.15) is 0 Å². The van der Waals surface area contributed by atoms with E-state index in [1.54, 1.807) is 0 Å². The standard InChI is InChI=1S/C13H27NO/c1-9(2)11(5)12-7-14-8-13(6,15-12)10(3)4/h9-12,14H,7-8H2,1-6H3. The van der Waals surface area contributed by atoms with Crippen molar-refractivity contribution in [2.24, 2.45) is 17.8 Å². The van der Waals surface area contributed by atoms with Crippen molar-refractivity contribution in [3.05, 3.63) is 0 Å². The number of nitrogens with one attached hydrogen (secondary N) is 1. The number of hydrogen-bond acceptors (Lipinski definition) is 2. The van der Waals surface area contributed by atoms with E-state index in [1.165, 1.54) is 0 Å². The molecule has 1 fully saturated rings. The number of morpholine rings is 1. The van der Waals surface area contributed by atoms with Gasteiger partial charge in [-0.05, 0) is 24.7 Å². The maximum Gasteiger partial charge on any atom is 0.0805 e. The summed E-state index contributed by atoms with van der Waals surface area (Å²) in [5.41, 5.74) is 0.00602. The Hall–Kier alpha value is -0.0800. The van der Waals surface area contributed by atoms with Gasteiger partial charge in [-0.3, -0.25) is 0 Å². The van der Waals surface area contributed by atoms with Crippen LogP contribution in [-0.2, 0) is 4.74 Å². The summed E-state index contributed by atoms with van der Waals surface area (Å²) in [7, 11) is 0. The zero-order valence-corrected chi connectivity index (χ0v) is 11.1. The van der Waals surface area contributed by atoms with Crippen LogP contribution in [0.4, 0.5) is 0 Å². The molecular weight excluding hydrogens is 186 g/mol. The van der Waals surface area contributed by atoms with Crippen molar-refractivity contribution in [2.45, 2.75) is 53.2 Å². The summed E-state index contributed by atoms with van der Waals surface area (Å²) in [5, 5.41) is 3.52. The highest BCUT2D eigenvalue weighted by atomic mass is 16.5. The number of hydrogen-bond donors (Lipinski definition) is 1. The summed E-state index contributed by atoms with van der Waals surface area (Å²) >= 11 is 0. The minimum atomic E-state index is 0.00602. The van der Waals surface area contributed by atoms with E-state index in [4.69, 9.17) is 4.74 Å². The highest BCUT2D eigenvalue weighted by Crippen LogP contribution is 2.29. The predicted molar refractivity (Wildman–Crippen MR) is 65.0 cm³/mol. The van der Waals surface area contributed by atoms with Gasteiger partial charge in [0, 0.05) is 13.1 Å². The zero-order chi connectivity index (χ0) is 11.6. The molecule has 0 amide bonds. The third kappa shape index (κ3) is 2.94. The Morgan fingerprint density at radius 2 is 1.80 bits per heavy atom. The molecule has 0 spiro atoms. The van der Waals surface area contributed by atoms with Gasteiger partial charge in [-0.2, -0.15) is 0 Å². The molecule has 1 rings (SSSR count). The summed E-state index contributed by atoms with van der Waals surface area (Å²) in [6.07, 6.45) is 0.367. The molecule has 15 heavy (non-hydrogen) atoms. The van der Waals surface area contributed by atoms with Gasteiger partial charge in [0.25, 0.3) is 0 Å². The van der Waals surface area contributed by atoms with Gasteiger partial charge in [0.15, 0.2) is 0 Å². The van der Waals surface area contributed by atoms with E-state index in [9.17, 15) is 0 Å². The van der Waals surface area contributed by atoms with Gasteiger partial charge in [-0.25, -0.2) is 0 Å². The van der Waals surface area contributed by atoms with Crippen molar-refractivity contribution >= 4 is 0 Å². The third-order valence-electron chi connectivity index (χ3n) is 4.10. The van der Waals surface area contributed by atoms with Gasteiger partial charge < -0.3 is 10.1 Å². The fourth-order valence-electron chi connectivity index (χ4n) is 1.95. The molecule has 1 N–H and O–H groups in total. The van der Waals surface area contributed by atoms with E-state index in [0.717, 1.165) is 13.1 Å². The van der Waals surface area contributed by atoms with E-state index < -0.39 is 0 Å². The highest BCUT2D eigenvalue weighted by Gasteiger charge is 2.37. The lowest BCUT2D eigenvalue weighted by Crippen LogP contribution is -2.56. The molecule has 0 aromatic carbocycles. The second-order valence-electron chi connectivity index (χ2n) is 5.86. The van der Waals surface area contributed by atoms with Crippen molar-refractivity contribution in [1.29, 1.82) is 0 Å². The maximum atomic E-state index is 6.30. The SMILES string of the molecule is CC(C)C(C)C1CNCC(C)(C(C)C)O1. The Kier molecular flexibility index (Phi) is 4.19. The average molecular weight is 213 g/mol. The molecule has 0 aliphatic carbocycles. The Morgan fingerprint density at radius 3 is 2.27 bits per heavy atom. The van der Waals surface area contributed by atoms with E-state index in [1.807, 2.05) is 0 Å². The van der Waals surface area contributed by atoms with Crippen LogP contribution in [0.1, 0.15) is 41.5 Å². The van der Waals surface area contributed by atoms with Crippen LogP contribution in [-0.4, -0.2) is 24.8 Å². The molecule has 0 aromatic rings. The zero-order valence-electron chi connectivity index (χ0n) is 11.1. The first-order chi connectivity index (χ1) is 6.87. The molecule has 0 radical (unpaired) electrons.